The highest BCUT2D eigenvalue weighted by molar-refractivity contribution is 9.10. The number of anilines is 1. The molecule has 0 fully saturated rings. The highest BCUT2D eigenvalue weighted by atomic mass is 79.9. The van der Waals surface area contributed by atoms with Crippen molar-refractivity contribution in [3.63, 3.8) is 0 Å². The summed E-state index contributed by atoms with van der Waals surface area (Å²) in [5, 5.41) is 8.03. The van der Waals surface area contributed by atoms with Gasteiger partial charge in [0.2, 0.25) is 0 Å². The Morgan fingerprint density at radius 2 is 2.07 bits per heavy atom. The lowest BCUT2D eigenvalue weighted by Gasteiger charge is -1.99. The predicted molar refractivity (Wildman–Crippen MR) is 59.0 cm³/mol. The van der Waals surface area contributed by atoms with Gasteiger partial charge in [0.15, 0.2) is 16.2 Å². The van der Waals surface area contributed by atoms with Crippen molar-refractivity contribution in [3.05, 3.63) is 27.4 Å². The third-order valence-corrected chi connectivity index (χ3v) is 2.71. The van der Waals surface area contributed by atoms with Crippen molar-refractivity contribution < 1.29 is 0 Å². The van der Waals surface area contributed by atoms with Gasteiger partial charge in [0, 0.05) is 6.20 Å². The molecule has 0 aromatic carbocycles. The zero-order valence-corrected chi connectivity index (χ0v) is 10.0. The molecule has 0 aliphatic rings. The van der Waals surface area contributed by atoms with E-state index in [1.165, 1.54) is 4.80 Å². The number of nitrogens with two attached hydrogens (primary N) is 1. The second-order valence-electron chi connectivity index (χ2n) is 2.47. The molecule has 2 heterocycles. The molecule has 0 bridgehead atoms. The molecule has 0 unspecified atom stereocenters. The van der Waals surface area contributed by atoms with Gasteiger partial charge in [-0.2, -0.15) is 0 Å². The Balaban J connectivity index is 2.55. The van der Waals surface area contributed by atoms with Gasteiger partial charge in [-0.3, -0.25) is 0 Å². The van der Waals surface area contributed by atoms with E-state index < -0.39 is 0 Å². The SMILES string of the molecule is Nc1nn(-c2ncccc2Br)nc1Br. The quantitative estimate of drug-likeness (QED) is 0.870. The van der Waals surface area contributed by atoms with Crippen LogP contribution in [-0.2, 0) is 0 Å². The van der Waals surface area contributed by atoms with Crippen LogP contribution in [0.3, 0.4) is 0 Å². The molecule has 7 heteroatoms. The van der Waals surface area contributed by atoms with Crippen molar-refractivity contribution in [1.29, 1.82) is 0 Å². The minimum Gasteiger partial charge on any atom is -0.380 e. The van der Waals surface area contributed by atoms with Crippen LogP contribution in [0.1, 0.15) is 0 Å². The highest BCUT2D eigenvalue weighted by Crippen LogP contribution is 2.19. The first kappa shape index (κ1) is 9.60. The maximum absolute atomic E-state index is 5.54. The summed E-state index contributed by atoms with van der Waals surface area (Å²) < 4.78 is 1.32. The number of nitrogen functional groups attached to an aromatic ring is 1. The zero-order valence-electron chi connectivity index (χ0n) is 6.85. The summed E-state index contributed by atoms with van der Waals surface area (Å²) in [5.41, 5.74) is 5.54. The summed E-state index contributed by atoms with van der Waals surface area (Å²) in [7, 11) is 0. The fraction of sp³-hybridized carbons (Fsp3) is 0. The Morgan fingerprint density at radius 1 is 1.29 bits per heavy atom. The summed E-state index contributed by atoms with van der Waals surface area (Å²) in [5.74, 6) is 0.937. The summed E-state index contributed by atoms with van der Waals surface area (Å²) >= 11 is 6.52. The molecule has 2 aromatic heterocycles. The van der Waals surface area contributed by atoms with Crippen molar-refractivity contribution in [1.82, 2.24) is 20.0 Å². The molecule has 14 heavy (non-hydrogen) atoms. The van der Waals surface area contributed by atoms with Crippen molar-refractivity contribution in [2.75, 3.05) is 5.73 Å². The fourth-order valence-electron chi connectivity index (χ4n) is 0.919. The molecule has 0 spiro atoms. The number of aromatic nitrogens is 4. The lowest BCUT2D eigenvalue weighted by molar-refractivity contribution is 0.724. The maximum atomic E-state index is 5.54. The molecule has 2 N–H and O–H groups in total. The summed E-state index contributed by atoms with van der Waals surface area (Å²) in [6.45, 7) is 0. The number of hydrogen-bond donors (Lipinski definition) is 1. The standard InChI is InChI=1S/C7H5Br2N5/c8-4-2-1-3-11-7(4)14-12-5(9)6(10)13-14/h1-3H,(H2,10,13). The molecular formula is C7H5Br2N5. The van der Waals surface area contributed by atoms with E-state index in [0.29, 0.717) is 16.2 Å². The Kier molecular flexibility index (Phi) is 2.51. The topological polar surface area (TPSA) is 69.6 Å². The van der Waals surface area contributed by atoms with Crippen molar-refractivity contribution in [2.24, 2.45) is 0 Å². The molecule has 0 atom stereocenters. The van der Waals surface area contributed by atoms with Crippen LogP contribution in [0.2, 0.25) is 0 Å². The Labute approximate surface area is 96.6 Å². The van der Waals surface area contributed by atoms with Crippen LogP contribution >= 0.6 is 31.9 Å². The van der Waals surface area contributed by atoms with Gasteiger partial charge in [0.05, 0.1) is 4.47 Å². The van der Waals surface area contributed by atoms with E-state index in [0.717, 1.165) is 4.47 Å². The first-order valence-electron chi connectivity index (χ1n) is 3.67. The number of hydrogen-bond acceptors (Lipinski definition) is 4. The van der Waals surface area contributed by atoms with E-state index in [-0.39, 0.29) is 0 Å². The molecule has 0 saturated carbocycles. The molecule has 0 aliphatic carbocycles. The number of halogens is 2. The van der Waals surface area contributed by atoms with Crippen LogP contribution in [0.15, 0.2) is 27.4 Å². The van der Waals surface area contributed by atoms with Crippen LogP contribution in [0.5, 0.6) is 0 Å². The van der Waals surface area contributed by atoms with Crippen LogP contribution in [0.4, 0.5) is 5.82 Å². The molecule has 2 aromatic rings. The summed E-state index contributed by atoms with van der Waals surface area (Å²) in [4.78, 5) is 5.48. The number of pyridine rings is 1. The smallest absolute Gasteiger partial charge is 0.188 e. The molecule has 5 nitrogen and oxygen atoms in total. The van der Waals surface area contributed by atoms with Crippen LogP contribution in [0.25, 0.3) is 5.82 Å². The molecular weight excluding hydrogens is 314 g/mol. The number of rotatable bonds is 1. The first-order chi connectivity index (χ1) is 6.68. The maximum Gasteiger partial charge on any atom is 0.188 e. The largest absolute Gasteiger partial charge is 0.380 e. The molecule has 0 saturated heterocycles. The van der Waals surface area contributed by atoms with E-state index in [4.69, 9.17) is 5.73 Å². The zero-order chi connectivity index (χ0) is 10.1. The normalized spacial score (nSPS) is 10.4. The predicted octanol–water partition coefficient (Wildman–Crippen LogP) is 1.77. The third-order valence-electron chi connectivity index (χ3n) is 1.52. The van der Waals surface area contributed by atoms with Gasteiger partial charge in [-0.05, 0) is 44.0 Å². The van der Waals surface area contributed by atoms with Crippen LogP contribution in [-0.4, -0.2) is 20.0 Å². The lowest BCUT2D eigenvalue weighted by atomic mass is 10.5. The minimum absolute atomic E-state index is 0.336. The van der Waals surface area contributed by atoms with Crippen molar-refractivity contribution in [3.8, 4) is 5.82 Å². The Morgan fingerprint density at radius 3 is 2.64 bits per heavy atom. The fourth-order valence-corrected chi connectivity index (χ4v) is 1.56. The second kappa shape index (κ2) is 3.66. The van der Waals surface area contributed by atoms with Gasteiger partial charge in [-0.15, -0.1) is 15.0 Å². The van der Waals surface area contributed by atoms with Gasteiger partial charge in [-0.1, -0.05) is 0 Å². The van der Waals surface area contributed by atoms with E-state index in [2.05, 4.69) is 47.0 Å². The molecule has 2 rings (SSSR count). The molecule has 0 aliphatic heterocycles. The summed E-state index contributed by atoms with van der Waals surface area (Å²) in [6, 6.07) is 3.67. The van der Waals surface area contributed by atoms with Crippen molar-refractivity contribution in [2.45, 2.75) is 0 Å². The number of nitrogens with zero attached hydrogens (tertiary/aromatic N) is 4. The Hall–Kier alpha value is -0.950. The monoisotopic (exact) mass is 317 g/mol. The van der Waals surface area contributed by atoms with Gasteiger partial charge in [0.25, 0.3) is 0 Å². The average molecular weight is 319 g/mol. The minimum atomic E-state index is 0.336. The van der Waals surface area contributed by atoms with E-state index in [1.54, 1.807) is 6.20 Å². The van der Waals surface area contributed by atoms with E-state index in [1.807, 2.05) is 12.1 Å². The summed E-state index contributed by atoms with van der Waals surface area (Å²) in [6.07, 6.45) is 1.66. The molecule has 0 radical (unpaired) electrons. The second-order valence-corrected chi connectivity index (χ2v) is 4.08. The molecule has 72 valence electrons. The van der Waals surface area contributed by atoms with Gasteiger partial charge >= 0.3 is 0 Å². The van der Waals surface area contributed by atoms with Gasteiger partial charge in [-0.25, -0.2) is 4.98 Å². The first-order valence-corrected chi connectivity index (χ1v) is 5.26. The average Bonchev–Trinajstić information content (AvgIpc) is 2.48. The lowest BCUT2D eigenvalue weighted by Crippen LogP contribution is -2.02. The Bertz CT molecular complexity index is 447. The van der Waals surface area contributed by atoms with Gasteiger partial charge in [0.1, 0.15) is 0 Å². The van der Waals surface area contributed by atoms with E-state index >= 15 is 0 Å². The van der Waals surface area contributed by atoms with Crippen molar-refractivity contribution >= 4 is 37.7 Å². The van der Waals surface area contributed by atoms with Crippen LogP contribution in [0, 0.1) is 0 Å². The highest BCUT2D eigenvalue weighted by Gasteiger charge is 2.09. The van der Waals surface area contributed by atoms with Gasteiger partial charge < -0.3 is 5.73 Å². The molecule has 0 amide bonds. The van der Waals surface area contributed by atoms with E-state index in [9.17, 15) is 0 Å². The third kappa shape index (κ3) is 1.64. The van der Waals surface area contributed by atoms with Crippen LogP contribution < -0.4 is 5.73 Å².